The summed E-state index contributed by atoms with van der Waals surface area (Å²) in [6.07, 6.45) is 2.50. The van der Waals surface area contributed by atoms with E-state index in [2.05, 4.69) is 27.7 Å². The van der Waals surface area contributed by atoms with Crippen LogP contribution < -0.4 is 25.0 Å². The highest BCUT2D eigenvalue weighted by atomic mass is 16.7. The number of carbonyl (C=O) groups is 1. The third-order valence-electron chi connectivity index (χ3n) is 4.49. The van der Waals surface area contributed by atoms with Gasteiger partial charge in [0.1, 0.15) is 0 Å². The fraction of sp³-hybridized carbons (Fsp3) is 0.316. The Kier molecular flexibility index (Phi) is 4.33. The minimum atomic E-state index is -0.230. The molecule has 2 aromatic carbocycles. The first kappa shape index (κ1) is 15.6. The predicted octanol–water partition coefficient (Wildman–Crippen LogP) is 3.34. The number of amides is 2. The normalized spacial score (nSPS) is 15.3. The Hall–Kier alpha value is -2.89. The van der Waals surface area contributed by atoms with E-state index in [1.54, 1.807) is 0 Å². The van der Waals surface area contributed by atoms with Gasteiger partial charge in [-0.15, -0.1) is 0 Å². The number of benzene rings is 2. The van der Waals surface area contributed by atoms with Gasteiger partial charge in [0.15, 0.2) is 11.5 Å². The van der Waals surface area contributed by atoms with Crippen molar-refractivity contribution in [2.75, 3.05) is 30.1 Å². The average molecular weight is 339 g/mol. The van der Waals surface area contributed by atoms with Gasteiger partial charge >= 0.3 is 6.03 Å². The van der Waals surface area contributed by atoms with Crippen molar-refractivity contribution in [3.8, 4) is 11.5 Å². The first-order chi connectivity index (χ1) is 12.3. The third kappa shape index (κ3) is 3.63. The van der Waals surface area contributed by atoms with Crippen LogP contribution in [-0.2, 0) is 6.54 Å². The van der Waals surface area contributed by atoms with Crippen LogP contribution in [0.25, 0.3) is 0 Å². The zero-order chi connectivity index (χ0) is 17.1. The number of urea groups is 1. The molecule has 0 aromatic heterocycles. The first-order valence-electron chi connectivity index (χ1n) is 8.56. The number of rotatable bonds is 4. The molecule has 0 aliphatic carbocycles. The molecule has 2 aliphatic rings. The lowest BCUT2D eigenvalue weighted by molar-refractivity contribution is 0.174. The molecule has 1 saturated heterocycles. The van der Waals surface area contributed by atoms with Gasteiger partial charge in [0.2, 0.25) is 6.79 Å². The maximum Gasteiger partial charge on any atom is 0.319 e. The van der Waals surface area contributed by atoms with E-state index in [0.29, 0.717) is 6.54 Å². The maximum atomic E-state index is 12.1. The smallest absolute Gasteiger partial charge is 0.319 e. The molecule has 0 unspecified atom stereocenters. The van der Waals surface area contributed by atoms with Gasteiger partial charge in [-0.25, -0.2) is 4.79 Å². The van der Waals surface area contributed by atoms with E-state index >= 15 is 0 Å². The minimum absolute atomic E-state index is 0.230. The minimum Gasteiger partial charge on any atom is -0.454 e. The first-order valence-corrected chi connectivity index (χ1v) is 8.56. The second-order valence-electron chi connectivity index (χ2n) is 6.24. The Morgan fingerprint density at radius 1 is 1.00 bits per heavy atom. The lowest BCUT2D eigenvalue weighted by Gasteiger charge is -2.17. The van der Waals surface area contributed by atoms with Crippen LogP contribution in [0, 0.1) is 0 Å². The maximum absolute atomic E-state index is 12.1. The molecular formula is C19H21N3O3. The predicted molar refractivity (Wildman–Crippen MR) is 96.3 cm³/mol. The van der Waals surface area contributed by atoms with E-state index in [-0.39, 0.29) is 12.8 Å². The topological polar surface area (TPSA) is 62.8 Å². The van der Waals surface area contributed by atoms with Crippen LogP contribution in [0.2, 0.25) is 0 Å². The van der Waals surface area contributed by atoms with Crippen molar-refractivity contribution in [2.24, 2.45) is 0 Å². The second-order valence-corrected chi connectivity index (χ2v) is 6.24. The van der Waals surface area contributed by atoms with Gasteiger partial charge in [0.25, 0.3) is 0 Å². The summed E-state index contributed by atoms with van der Waals surface area (Å²) < 4.78 is 10.6. The van der Waals surface area contributed by atoms with E-state index in [1.807, 2.05) is 30.3 Å². The molecule has 4 rings (SSSR count). The van der Waals surface area contributed by atoms with Crippen molar-refractivity contribution in [3.63, 3.8) is 0 Å². The fourth-order valence-electron chi connectivity index (χ4n) is 3.14. The summed E-state index contributed by atoms with van der Waals surface area (Å²) in [6, 6.07) is 13.4. The van der Waals surface area contributed by atoms with Crippen LogP contribution in [0.3, 0.4) is 0 Å². The quantitative estimate of drug-likeness (QED) is 0.897. The standard InChI is InChI=1S/C19H21N3O3/c23-19(20-12-14-3-8-17-18(11-14)25-13-24-17)21-15-4-6-16(7-5-15)22-9-1-2-10-22/h3-8,11H,1-2,9-10,12-13H2,(H2,20,21,23). The van der Waals surface area contributed by atoms with Gasteiger partial charge in [-0.3, -0.25) is 0 Å². The molecule has 2 heterocycles. The molecule has 2 aromatic rings. The highest BCUT2D eigenvalue weighted by Gasteiger charge is 2.14. The van der Waals surface area contributed by atoms with Gasteiger partial charge < -0.3 is 25.0 Å². The number of fused-ring (bicyclic) bond motifs is 1. The van der Waals surface area contributed by atoms with E-state index in [4.69, 9.17) is 9.47 Å². The van der Waals surface area contributed by atoms with Crippen molar-refractivity contribution in [3.05, 3.63) is 48.0 Å². The molecule has 2 N–H and O–H groups in total. The molecule has 1 fully saturated rings. The Labute approximate surface area is 146 Å². The largest absolute Gasteiger partial charge is 0.454 e. The Balaban J connectivity index is 1.30. The summed E-state index contributed by atoms with van der Waals surface area (Å²) in [5, 5.41) is 5.71. The molecule has 0 radical (unpaired) electrons. The number of hydrogen-bond acceptors (Lipinski definition) is 4. The van der Waals surface area contributed by atoms with Gasteiger partial charge in [-0.1, -0.05) is 6.07 Å². The van der Waals surface area contributed by atoms with Crippen LogP contribution in [0.4, 0.5) is 16.2 Å². The molecule has 6 heteroatoms. The van der Waals surface area contributed by atoms with Crippen molar-refractivity contribution in [1.29, 1.82) is 0 Å². The zero-order valence-corrected chi connectivity index (χ0v) is 14.0. The Morgan fingerprint density at radius 2 is 1.76 bits per heavy atom. The van der Waals surface area contributed by atoms with Crippen LogP contribution >= 0.6 is 0 Å². The number of nitrogens with zero attached hydrogens (tertiary/aromatic N) is 1. The lowest BCUT2D eigenvalue weighted by atomic mass is 10.2. The number of anilines is 2. The fourth-order valence-corrected chi connectivity index (χ4v) is 3.14. The highest BCUT2D eigenvalue weighted by Crippen LogP contribution is 2.32. The molecule has 0 bridgehead atoms. The summed E-state index contributed by atoms with van der Waals surface area (Å²) in [6.45, 7) is 2.90. The molecule has 0 atom stereocenters. The summed E-state index contributed by atoms with van der Waals surface area (Å²) in [5.74, 6) is 1.46. The molecule has 2 amide bonds. The van der Waals surface area contributed by atoms with Crippen LogP contribution in [-0.4, -0.2) is 25.9 Å². The summed E-state index contributed by atoms with van der Waals surface area (Å²) >= 11 is 0. The van der Waals surface area contributed by atoms with Gasteiger partial charge in [-0.2, -0.15) is 0 Å². The Morgan fingerprint density at radius 3 is 2.56 bits per heavy atom. The molecule has 2 aliphatic heterocycles. The van der Waals surface area contributed by atoms with Crippen LogP contribution in [0.5, 0.6) is 11.5 Å². The summed E-state index contributed by atoms with van der Waals surface area (Å²) in [5.41, 5.74) is 2.96. The van der Waals surface area contributed by atoms with Gasteiger partial charge in [0, 0.05) is 31.0 Å². The number of ether oxygens (including phenoxy) is 2. The SMILES string of the molecule is O=C(NCc1ccc2c(c1)OCO2)Nc1ccc(N2CCCC2)cc1. The molecule has 0 saturated carbocycles. The number of carbonyl (C=O) groups excluding carboxylic acids is 1. The molecule has 130 valence electrons. The van der Waals surface area contributed by atoms with Crippen molar-refractivity contribution < 1.29 is 14.3 Å². The second kappa shape index (κ2) is 6.93. The number of nitrogens with one attached hydrogen (secondary N) is 2. The third-order valence-corrected chi connectivity index (χ3v) is 4.49. The Bertz CT molecular complexity index is 755. The molecular weight excluding hydrogens is 318 g/mol. The van der Waals surface area contributed by atoms with Crippen LogP contribution in [0.15, 0.2) is 42.5 Å². The van der Waals surface area contributed by atoms with E-state index < -0.39 is 0 Å². The lowest BCUT2D eigenvalue weighted by Crippen LogP contribution is -2.28. The monoisotopic (exact) mass is 339 g/mol. The molecule has 6 nitrogen and oxygen atoms in total. The van der Waals surface area contributed by atoms with Crippen LogP contribution in [0.1, 0.15) is 18.4 Å². The van der Waals surface area contributed by atoms with E-state index in [1.165, 1.54) is 18.5 Å². The van der Waals surface area contributed by atoms with Gasteiger partial charge in [-0.05, 0) is 54.8 Å². The van der Waals surface area contributed by atoms with E-state index in [0.717, 1.165) is 35.8 Å². The molecule has 25 heavy (non-hydrogen) atoms. The molecule has 0 spiro atoms. The average Bonchev–Trinajstić information content (AvgIpc) is 3.32. The highest BCUT2D eigenvalue weighted by molar-refractivity contribution is 5.89. The van der Waals surface area contributed by atoms with Gasteiger partial charge in [0.05, 0.1) is 0 Å². The van der Waals surface area contributed by atoms with Crippen molar-refractivity contribution >= 4 is 17.4 Å². The number of hydrogen-bond donors (Lipinski definition) is 2. The summed E-state index contributed by atoms with van der Waals surface area (Å²) in [7, 11) is 0. The van der Waals surface area contributed by atoms with Crippen molar-refractivity contribution in [1.82, 2.24) is 5.32 Å². The zero-order valence-electron chi connectivity index (χ0n) is 14.0. The summed E-state index contributed by atoms with van der Waals surface area (Å²) in [4.78, 5) is 14.4. The van der Waals surface area contributed by atoms with E-state index in [9.17, 15) is 4.79 Å². The van der Waals surface area contributed by atoms with Crippen molar-refractivity contribution in [2.45, 2.75) is 19.4 Å².